The van der Waals surface area contributed by atoms with Crippen LogP contribution in [0.1, 0.15) is 32.1 Å². The summed E-state index contributed by atoms with van der Waals surface area (Å²) >= 11 is 0. The fourth-order valence-corrected chi connectivity index (χ4v) is 1.25. The van der Waals surface area contributed by atoms with Crippen molar-refractivity contribution in [2.75, 3.05) is 33.5 Å². The molecule has 4 heteroatoms. The van der Waals surface area contributed by atoms with Crippen LogP contribution in [0.4, 0.5) is 0 Å². The third-order valence-corrected chi connectivity index (χ3v) is 2.16. The molecule has 0 rings (SSSR count). The summed E-state index contributed by atoms with van der Waals surface area (Å²) in [5.74, 6) is 0. The SMILES string of the molecule is COCCCCCCCOCC(O)CO. The molecule has 0 aliphatic rings. The van der Waals surface area contributed by atoms with Crippen molar-refractivity contribution in [3.05, 3.63) is 0 Å². The zero-order valence-electron chi connectivity index (χ0n) is 9.65. The van der Waals surface area contributed by atoms with Crippen LogP contribution < -0.4 is 0 Å². The first kappa shape index (κ1) is 14.8. The fraction of sp³-hybridized carbons (Fsp3) is 1.00. The van der Waals surface area contributed by atoms with Gasteiger partial charge in [-0.2, -0.15) is 0 Å². The second-order valence-electron chi connectivity index (χ2n) is 3.67. The standard InChI is InChI=1S/C11H24O4/c1-14-7-5-3-2-4-6-8-15-10-11(13)9-12/h11-13H,2-10H2,1H3. The van der Waals surface area contributed by atoms with E-state index in [0.717, 1.165) is 25.9 Å². The maximum Gasteiger partial charge on any atom is 0.100 e. The Kier molecular flexibility index (Phi) is 11.8. The van der Waals surface area contributed by atoms with Gasteiger partial charge in [0.15, 0.2) is 0 Å². The molecular weight excluding hydrogens is 196 g/mol. The molecule has 15 heavy (non-hydrogen) atoms. The Morgan fingerprint density at radius 2 is 1.60 bits per heavy atom. The molecule has 0 saturated carbocycles. The highest BCUT2D eigenvalue weighted by atomic mass is 16.5. The molecule has 0 aromatic heterocycles. The quantitative estimate of drug-likeness (QED) is 0.509. The fourth-order valence-electron chi connectivity index (χ4n) is 1.25. The van der Waals surface area contributed by atoms with E-state index in [1.807, 2.05) is 0 Å². The van der Waals surface area contributed by atoms with E-state index in [1.54, 1.807) is 7.11 Å². The van der Waals surface area contributed by atoms with Crippen LogP contribution in [-0.2, 0) is 9.47 Å². The van der Waals surface area contributed by atoms with Gasteiger partial charge in [-0.25, -0.2) is 0 Å². The van der Waals surface area contributed by atoms with Gasteiger partial charge in [-0.15, -0.1) is 0 Å². The average Bonchev–Trinajstić information content (AvgIpc) is 2.26. The Hall–Kier alpha value is -0.160. The molecule has 0 aliphatic carbocycles. The number of unbranched alkanes of at least 4 members (excludes halogenated alkanes) is 4. The van der Waals surface area contributed by atoms with E-state index in [0.29, 0.717) is 6.61 Å². The lowest BCUT2D eigenvalue weighted by molar-refractivity contribution is 0.00524. The first-order valence-electron chi connectivity index (χ1n) is 5.67. The van der Waals surface area contributed by atoms with Crippen molar-refractivity contribution in [3.8, 4) is 0 Å². The average molecular weight is 220 g/mol. The molecule has 0 amide bonds. The number of methoxy groups -OCH3 is 1. The van der Waals surface area contributed by atoms with Crippen LogP contribution in [0.2, 0.25) is 0 Å². The van der Waals surface area contributed by atoms with Crippen LogP contribution in [0.3, 0.4) is 0 Å². The van der Waals surface area contributed by atoms with Gasteiger partial charge in [0.1, 0.15) is 6.10 Å². The second kappa shape index (κ2) is 11.9. The van der Waals surface area contributed by atoms with Crippen LogP contribution in [0.25, 0.3) is 0 Å². The van der Waals surface area contributed by atoms with Gasteiger partial charge >= 0.3 is 0 Å². The van der Waals surface area contributed by atoms with Crippen LogP contribution in [0.5, 0.6) is 0 Å². The van der Waals surface area contributed by atoms with Crippen LogP contribution >= 0.6 is 0 Å². The van der Waals surface area contributed by atoms with Crippen LogP contribution in [0, 0.1) is 0 Å². The Balaban J connectivity index is 2.92. The van der Waals surface area contributed by atoms with Crippen molar-refractivity contribution >= 4 is 0 Å². The number of ether oxygens (including phenoxy) is 2. The summed E-state index contributed by atoms with van der Waals surface area (Å²) in [7, 11) is 1.72. The molecule has 0 bridgehead atoms. The third kappa shape index (κ3) is 11.8. The minimum Gasteiger partial charge on any atom is -0.394 e. The van der Waals surface area contributed by atoms with Gasteiger partial charge < -0.3 is 19.7 Å². The lowest BCUT2D eigenvalue weighted by Gasteiger charge is -2.07. The number of hydrogen-bond acceptors (Lipinski definition) is 4. The molecule has 0 heterocycles. The molecule has 0 fully saturated rings. The van der Waals surface area contributed by atoms with Gasteiger partial charge in [-0.1, -0.05) is 19.3 Å². The van der Waals surface area contributed by atoms with Gasteiger partial charge in [0.25, 0.3) is 0 Å². The predicted molar refractivity (Wildman–Crippen MR) is 58.9 cm³/mol. The van der Waals surface area contributed by atoms with Crippen LogP contribution in [-0.4, -0.2) is 49.9 Å². The number of rotatable bonds is 11. The number of aliphatic hydroxyl groups is 2. The van der Waals surface area contributed by atoms with E-state index in [-0.39, 0.29) is 13.2 Å². The van der Waals surface area contributed by atoms with E-state index >= 15 is 0 Å². The highest BCUT2D eigenvalue weighted by Crippen LogP contribution is 2.03. The molecule has 92 valence electrons. The number of aliphatic hydroxyl groups excluding tert-OH is 2. The van der Waals surface area contributed by atoms with Gasteiger partial charge in [-0.3, -0.25) is 0 Å². The van der Waals surface area contributed by atoms with Gasteiger partial charge in [0.05, 0.1) is 13.2 Å². The molecule has 4 nitrogen and oxygen atoms in total. The molecule has 2 N–H and O–H groups in total. The lowest BCUT2D eigenvalue weighted by Crippen LogP contribution is -2.19. The first-order chi connectivity index (χ1) is 7.31. The van der Waals surface area contributed by atoms with Crippen molar-refractivity contribution in [1.29, 1.82) is 0 Å². The molecule has 1 atom stereocenters. The summed E-state index contributed by atoms with van der Waals surface area (Å²) in [5.41, 5.74) is 0. The first-order valence-corrected chi connectivity index (χ1v) is 5.67. The molecule has 0 spiro atoms. The molecule has 0 aliphatic heterocycles. The highest BCUT2D eigenvalue weighted by molar-refractivity contribution is 4.49. The van der Waals surface area contributed by atoms with Crippen molar-refractivity contribution in [2.24, 2.45) is 0 Å². The minimum absolute atomic E-state index is 0.225. The van der Waals surface area contributed by atoms with Crippen molar-refractivity contribution in [3.63, 3.8) is 0 Å². The number of hydrogen-bond donors (Lipinski definition) is 2. The van der Waals surface area contributed by atoms with Crippen molar-refractivity contribution in [1.82, 2.24) is 0 Å². The molecular formula is C11H24O4. The van der Waals surface area contributed by atoms with E-state index in [1.165, 1.54) is 12.8 Å². The Bertz CT molecular complexity index is 119. The van der Waals surface area contributed by atoms with E-state index in [2.05, 4.69) is 0 Å². The smallest absolute Gasteiger partial charge is 0.100 e. The molecule has 0 aromatic rings. The summed E-state index contributed by atoms with van der Waals surface area (Å²) in [6, 6.07) is 0. The summed E-state index contributed by atoms with van der Waals surface area (Å²) in [4.78, 5) is 0. The van der Waals surface area contributed by atoms with Gasteiger partial charge in [-0.05, 0) is 12.8 Å². The van der Waals surface area contributed by atoms with Gasteiger partial charge in [0.2, 0.25) is 0 Å². The van der Waals surface area contributed by atoms with Gasteiger partial charge in [0, 0.05) is 20.3 Å². The zero-order chi connectivity index (χ0) is 11.4. The third-order valence-electron chi connectivity index (χ3n) is 2.16. The predicted octanol–water partition coefficient (Wildman–Crippen LogP) is 0.953. The largest absolute Gasteiger partial charge is 0.394 e. The topological polar surface area (TPSA) is 58.9 Å². The normalized spacial score (nSPS) is 13.0. The Labute approximate surface area is 92.2 Å². The molecule has 0 aromatic carbocycles. The molecule has 0 saturated heterocycles. The molecule has 1 unspecified atom stereocenters. The monoisotopic (exact) mass is 220 g/mol. The zero-order valence-corrected chi connectivity index (χ0v) is 9.65. The lowest BCUT2D eigenvalue weighted by atomic mass is 10.1. The summed E-state index contributed by atoms with van der Waals surface area (Å²) in [6.07, 6.45) is 4.97. The summed E-state index contributed by atoms with van der Waals surface area (Å²) in [6.45, 7) is 1.53. The molecule has 0 radical (unpaired) electrons. The highest BCUT2D eigenvalue weighted by Gasteiger charge is 2.00. The summed E-state index contributed by atoms with van der Waals surface area (Å²) in [5, 5.41) is 17.5. The van der Waals surface area contributed by atoms with Crippen molar-refractivity contribution in [2.45, 2.75) is 38.2 Å². The van der Waals surface area contributed by atoms with E-state index < -0.39 is 6.10 Å². The van der Waals surface area contributed by atoms with E-state index in [4.69, 9.17) is 19.7 Å². The summed E-state index contributed by atoms with van der Waals surface area (Å²) < 4.78 is 10.1. The minimum atomic E-state index is -0.730. The second-order valence-corrected chi connectivity index (χ2v) is 3.67. The van der Waals surface area contributed by atoms with Crippen LogP contribution in [0.15, 0.2) is 0 Å². The Morgan fingerprint density at radius 3 is 2.20 bits per heavy atom. The van der Waals surface area contributed by atoms with E-state index in [9.17, 15) is 0 Å². The maximum atomic E-state index is 8.97. The van der Waals surface area contributed by atoms with Crippen molar-refractivity contribution < 1.29 is 19.7 Å². The Morgan fingerprint density at radius 1 is 1.00 bits per heavy atom. The maximum absolute atomic E-state index is 8.97.